The fourth-order valence-electron chi connectivity index (χ4n) is 1.62. The van der Waals surface area contributed by atoms with Crippen LogP contribution in [0.4, 0.5) is 13.2 Å². The van der Waals surface area contributed by atoms with E-state index >= 15 is 0 Å². The first kappa shape index (κ1) is 19.3. The number of esters is 1. The first-order chi connectivity index (χ1) is 12.2. The fraction of sp³-hybridized carbons (Fsp3) is 0.143. The van der Waals surface area contributed by atoms with Crippen LogP contribution in [0.25, 0.3) is 0 Å². The van der Waals surface area contributed by atoms with Crippen LogP contribution in [0.2, 0.25) is 0 Å². The molecule has 0 bridgehead atoms. The Hall–Kier alpha value is -3.02. The van der Waals surface area contributed by atoms with Gasteiger partial charge in [0.2, 0.25) is 0 Å². The van der Waals surface area contributed by atoms with E-state index in [4.69, 9.17) is 0 Å². The Bertz CT molecular complexity index is 821. The number of hydrogen-bond acceptors (Lipinski definition) is 8. The van der Waals surface area contributed by atoms with Crippen molar-refractivity contribution in [2.45, 2.75) is 6.36 Å². The SMILES string of the molecule is COC(=O)/C=C1/S/C(=N\N=Cc2cc(OC(F)(F)F)ccc2O)NC1=O. The molecule has 1 aromatic rings. The summed E-state index contributed by atoms with van der Waals surface area (Å²) in [6.45, 7) is 0. The predicted octanol–water partition coefficient (Wildman–Crippen LogP) is 1.90. The Balaban J connectivity index is 2.12. The maximum absolute atomic E-state index is 12.2. The molecular formula is C14H10F3N3O5S. The number of aromatic hydroxyl groups is 1. The van der Waals surface area contributed by atoms with Crippen LogP contribution in [0.3, 0.4) is 0 Å². The second kappa shape index (κ2) is 7.91. The number of halogens is 3. The third-order valence-corrected chi connectivity index (χ3v) is 3.58. The molecule has 0 saturated carbocycles. The number of carbonyl (C=O) groups excluding carboxylic acids is 2. The third-order valence-electron chi connectivity index (χ3n) is 2.68. The molecular weight excluding hydrogens is 379 g/mol. The summed E-state index contributed by atoms with van der Waals surface area (Å²) >= 11 is 0.813. The van der Waals surface area contributed by atoms with Gasteiger partial charge >= 0.3 is 12.3 Å². The first-order valence-electron chi connectivity index (χ1n) is 6.66. The number of benzene rings is 1. The second-order valence-electron chi connectivity index (χ2n) is 4.51. The smallest absolute Gasteiger partial charge is 0.507 e. The van der Waals surface area contributed by atoms with Crippen molar-refractivity contribution in [3.63, 3.8) is 0 Å². The van der Waals surface area contributed by atoms with E-state index in [2.05, 4.69) is 25.0 Å². The minimum atomic E-state index is -4.88. The number of phenols is 1. The van der Waals surface area contributed by atoms with Crippen molar-refractivity contribution in [1.82, 2.24) is 5.32 Å². The number of nitrogens with zero attached hydrogens (tertiary/aromatic N) is 2. The molecule has 26 heavy (non-hydrogen) atoms. The van der Waals surface area contributed by atoms with Gasteiger partial charge in [0.25, 0.3) is 5.91 Å². The number of carbonyl (C=O) groups is 2. The van der Waals surface area contributed by atoms with Gasteiger partial charge in [-0.15, -0.1) is 18.3 Å². The van der Waals surface area contributed by atoms with Crippen molar-refractivity contribution in [2.24, 2.45) is 10.2 Å². The molecule has 0 aromatic heterocycles. The molecule has 2 N–H and O–H groups in total. The average molecular weight is 389 g/mol. The van der Waals surface area contributed by atoms with Crippen LogP contribution in [0.1, 0.15) is 5.56 Å². The van der Waals surface area contributed by atoms with Gasteiger partial charge in [-0.2, -0.15) is 5.10 Å². The lowest BCUT2D eigenvalue weighted by Gasteiger charge is -2.09. The quantitative estimate of drug-likeness (QED) is 0.352. The van der Waals surface area contributed by atoms with Crippen LogP contribution < -0.4 is 10.1 Å². The lowest BCUT2D eigenvalue weighted by atomic mass is 10.2. The Morgan fingerprint density at radius 3 is 2.77 bits per heavy atom. The van der Waals surface area contributed by atoms with Crippen molar-refractivity contribution >= 4 is 35.0 Å². The van der Waals surface area contributed by atoms with Gasteiger partial charge in [0.15, 0.2) is 5.17 Å². The predicted molar refractivity (Wildman–Crippen MR) is 85.7 cm³/mol. The molecule has 1 amide bonds. The van der Waals surface area contributed by atoms with Crippen molar-refractivity contribution in [2.75, 3.05) is 7.11 Å². The zero-order chi connectivity index (χ0) is 19.3. The average Bonchev–Trinajstić information content (AvgIpc) is 2.88. The number of amides is 1. The number of amidine groups is 1. The maximum Gasteiger partial charge on any atom is 0.573 e. The molecule has 0 unspecified atom stereocenters. The summed E-state index contributed by atoms with van der Waals surface area (Å²) in [5, 5.41) is 19.2. The van der Waals surface area contributed by atoms with E-state index in [1.807, 2.05) is 0 Å². The van der Waals surface area contributed by atoms with Gasteiger partial charge in [-0.25, -0.2) is 4.79 Å². The summed E-state index contributed by atoms with van der Waals surface area (Å²) in [5.74, 6) is -2.20. The highest BCUT2D eigenvalue weighted by molar-refractivity contribution is 8.18. The molecule has 8 nitrogen and oxygen atoms in total. The van der Waals surface area contributed by atoms with E-state index in [0.29, 0.717) is 0 Å². The summed E-state index contributed by atoms with van der Waals surface area (Å²) in [5.41, 5.74) is -0.0873. The van der Waals surface area contributed by atoms with Gasteiger partial charge in [0.05, 0.1) is 18.2 Å². The zero-order valence-corrected chi connectivity index (χ0v) is 13.7. The van der Waals surface area contributed by atoms with Crippen LogP contribution in [0.15, 0.2) is 39.4 Å². The molecule has 0 radical (unpaired) electrons. The number of rotatable bonds is 4. The van der Waals surface area contributed by atoms with E-state index in [0.717, 1.165) is 49.4 Å². The van der Waals surface area contributed by atoms with Crippen molar-refractivity contribution in [1.29, 1.82) is 0 Å². The van der Waals surface area contributed by atoms with Gasteiger partial charge < -0.3 is 14.6 Å². The molecule has 12 heteroatoms. The van der Waals surface area contributed by atoms with Gasteiger partial charge in [0.1, 0.15) is 11.5 Å². The molecule has 1 aromatic carbocycles. The van der Waals surface area contributed by atoms with Crippen LogP contribution in [0, 0.1) is 0 Å². The Kier molecular flexibility index (Phi) is 5.87. The van der Waals surface area contributed by atoms with Crippen LogP contribution in [0.5, 0.6) is 11.5 Å². The standard InChI is InChI=1S/C14H10F3N3O5S/c1-24-11(22)5-10-12(23)19-13(26-10)20-18-6-7-4-8(2-3-9(7)21)25-14(15,16)17/h2-6,21H,1H3,(H,19,20,23)/b10-5+,18-6?. The van der Waals surface area contributed by atoms with E-state index < -0.39 is 24.0 Å². The molecule has 0 spiro atoms. The van der Waals surface area contributed by atoms with Crippen molar-refractivity contribution in [3.8, 4) is 11.5 Å². The van der Waals surface area contributed by atoms with Gasteiger partial charge in [-0.1, -0.05) is 0 Å². The van der Waals surface area contributed by atoms with Crippen LogP contribution >= 0.6 is 11.8 Å². The van der Waals surface area contributed by atoms with E-state index in [-0.39, 0.29) is 21.4 Å². The topological polar surface area (TPSA) is 110 Å². The maximum atomic E-state index is 12.2. The molecule has 138 valence electrons. The molecule has 1 fully saturated rings. The summed E-state index contributed by atoms with van der Waals surface area (Å²) in [4.78, 5) is 22.7. The number of phenolic OH excluding ortho intramolecular Hbond substituents is 1. The largest absolute Gasteiger partial charge is 0.573 e. The molecule has 1 aliphatic rings. The zero-order valence-electron chi connectivity index (χ0n) is 12.9. The second-order valence-corrected chi connectivity index (χ2v) is 5.54. The highest BCUT2D eigenvalue weighted by atomic mass is 32.2. The molecule has 1 heterocycles. The van der Waals surface area contributed by atoms with Gasteiger partial charge in [-0.05, 0) is 30.0 Å². The Labute approximate surface area is 148 Å². The summed E-state index contributed by atoms with van der Waals surface area (Å²) in [7, 11) is 1.15. The van der Waals surface area contributed by atoms with E-state index in [1.165, 1.54) is 0 Å². The van der Waals surface area contributed by atoms with Crippen molar-refractivity contribution in [3.05, 3.63) is 34.7 Å². The molecule has 0 aliphatic carbocycles. The molecule has 1 saturated heterocycles. The van der Waals surface area contributed by atoms with Crippen molar-refractivity contribution < 1.29 is 37.3 Å². The third kappa shape index (κ3) is 5.51. The lowest BCUT2D eigenvalue weighted by Crippen LogP contribution is -2.19. The number of nitrogens with one attached hydrogen (secondary N) is 1. The summed E-state index contributed by atoms with van der Waals surface area (Å²) < 4.78 is 44.7. The minimum absolute atomic E-state index is 0.0311. The normalized spacial score (nSPS) is 17.8. The van der Waals surface area contributed by atoms with Crippen LogP contribution in [-0.2, 0) is 14.3 Å². The first-order valence-corrected chi connectivity index (χ1v) is 7.48. The molecule has 2 rings (SSSR count). The number of methoxy groups -OCH3 is 1. The molecule has 0 atom stereocenters. The summed E-state index contributed by atoms with van der Waals surface area (Å²) in [6, 6.07) is 2.84. The van der Waals surface area contributed by atoms with Crippen LogP contribution in [-0.4, -0.2) is 41.8 Å². The fourth-order valence-corrected chi connectivity index (χ4v) is 2.36. The Morgan fingerprint density at radius 2 is 2.12 bits per heavy atom. The Morgan fingerprint density at radius 1 is 1.38 bits per heavy atom. The summed E-state index contributed by atoms with van der Waals surface area (Å²) in [6.07, 6.45) is -2.94. The molecule has 1 aliphatic heterocycles. The minimum Gasteiger partial charge on any atom is -0.507 e. The number of hydrogen-bond donors (Lipinski definition) is 2. The van der Waals surface area contributed by atoms with E-state index in [1.54, 1.807) is 0 Å². The van der Waals surface area contributed by atoms with Gasteiger partial charge in [0, 0.05) is 11.6 Å². The lowest BCUT2D eigenvalue weighted by molar-refractivity contribution is -0.274. The van der Waals surface area contributed by atoms with E-state index in [9.17, 15) is 27.9 Å². The number of alkyl halides is 3. The van der Waals surface area contributed by atoms with Gasteiger partial charge in [-0.3, -0.25) is 10.1 Å². The number of thioether (sulfide) groups is 1. The number of ether oxygens (including phenoxy) is 2. The highest BCUT2D eigenvalue weighted by Gasteiger charge is 2.31. The highest BCUT2D eigenvalue weighted by Crippen LogP contribution is 2.27. The monoisotopic (exact) mass is 389 g/mol.